The Morgan fingerprint density at radius 3 is 2.71 bits per heavy atom. The molecule has 0 aliphatic rings. The predicted molar refractivity (Wildman–Crippen MR) is 71.5 cm³/mol. The Bertz CT molecular complexity index is 541. The Balaban J connectivity index is 2.44. The van der Waals surface area contributed by atoms with Gasteiger partial charge in [-0.05, 0) is 36.2 Å². The molecule has 2 aromatic rings. The summed E-state index contributed by atoms with van der Waals surface area (Å²) in [7, 11) is 0. The Labute approximate surface area is 110 Å². The number of aryl methyl sites for hydroxylation is 1. The molecule has 2 nitrogen and oxygen atoms in total. The zero-order chi connectivity index (χ0) is 12.4. The van der Waals surface area contributed by atoms with E-state index in [9.17, 15) is 0 Å². The summed E-state index contributed by atoms with van der Waals surface area (Å²) < 4.78 is 0. The molecule has 1 aromatic heterocycles. The molecule has 0 aliphatic heterocycles. The fourth-order valence-corrected chi connectivity index (χ4v) is 2.08. The van der Waals surface area contributed by atoms with Gasteiger partial charge in [-0.3, -0.25) is 4.98 Å². The molecule has 0 aliphatic carbocycles. The Kier molecular flexibility index (Phi) is 3.67. The number of hydrogen-bond acceptors (Lipinski definition) is 2. The van der Waals surface area contributed by atoms with E-state index < -0.39 is 0 Å². The third kappa shape index (κ3) is 2.60. The molecule has 1 unspecified atom stereocenters. The first kappa shape index (κ1) is 12.4. The summed E-state index contributed by atoms with van der Waals surface area (Å²) >= 11 is 12.1. The van der Waals surface area contributed by atoms with Gasteiger partial charge in [-0.1, -0.05) is 35.3 Å². The van der Waals surface area contributed by atoms with E-state index in [-0.39, 0.29) is 6.04 Å². The quantitative estimate of drug-likeness (QED) is 0.900. The molecule has 4 heteroatoms. The highest BCUT2D eigenvalue weighted by atomic mass is 35.5. The van der Waals surface area contributed by atoms with Crippen molar-refractivity contribution in [2.24, 2.45) is 5.73 Å². The molecule has 0 fully saturated rings. The van der Waals surface area contributed by atoms with Gasteiger partial charge in [0.1, 0.15) is 0 Å². The van der Waals surface area contributed by atoms with Crippen LogP contribution in [0.3, 0.4) is 0 Å². The molecule has 1 heterocycles. The average Bonchev–Trinajstić information content (AvgIpc) is 2.32. The summed E-state index contributed by atoms with van der Waals surface area (Å²) in [5.41, 5.74) is 8.84. The molecule has 0 saturated heterocycles. The predicted octanol–water partition coefficient (Wildman–Crippen LogP) is 3.74. The number of benzene rings is 1. The second-order valence-corrected chi connectivity index (χ2v) is 4.66. The van der Waals surface area contributed by atoms with Gasteiger partial charge < -0.3 is 5.73 Å². The lowest BCUT2D eigenvalue weighted by molar-refractivity contribution is 0.827. The van der Waals surface area contributed by atoms with E-state index in [2.05, 4.69) is 4.98 Å². The van der Waals surface area contributed by atoms with Crippen molar-refractivity contribution in [2.75, 3.05) is 0 Å². The monoisotopic (exact) mass is 266 g/mol. The second kappa shape index (κ2) is 5.05. The van der Waals surface area contributed by atoms with Gasteiger partial charge in [0.25, 0.3) is 0 Å². The van der Waals surface area contributed by atoms with E-state index in [1.54, 1.807) is 12.3 Å². The highest BCUT2D eigenvalue weighted by molar-refractivity contribution is 6.42. The highest BCUT2D eigenvalue weighted by Crippen LogP contribution is 2.31. The summed E-state index contributed by atoms with van der Waals surface area (Å²) in [6, 6.07) is 8.95. The van der Waals surface area contributed by atoms with Gasteiger partial charge in [-0.15, -0.1) is 0 Å². The summed E-state index contributed by atoms with van der Waals surface area (Å²) in [6.45, 7) is 2.00. The lowest BCUT2D eigenvalue weighted by Gasteiger charge is -2.14. The van der Waals surface area contributed by atoms with Gasteiger partial charge >= 0.3 is 0 Å². The first-order chi connectivity index (χ1) is 8.09. The molecule has 0 radical (unpaired) electrons. The Morgan fingerprint density at radius 1 is 1.24 bits per heavy atom. The molecule has 0 bridgehead atoms. The molecule has 2 N–H and O–H groups in total. The lowest BCUT2D eigenvalue weighted by Crippen LogP contribution is -2.14. The van der Waals surface area contributed by atoms with E-state index in [1.165, 1.54) is 0 Å². The number of aromatic nitrogens is 1. The number of nitrogens with zero attached hydrogens (tertiary/aromatic N) is 1. The van der Waals surface area contributed by atoms with E-state index in [4.69, 9.17) is 28.9 Å². The van der Waals surface area contributed by atoms with Crippen LogP contribution in [0.1, 0.15) is 22.9 Å². The minimum atomic E-state index is -0.360. The topological polar surface area (TPSA) is 38.9 Å². The minimum Gasteiger partial charge on any atom is -0.319 e. The van der Waals surface area contributed by atoms with Gasteiger partial charge in [0.15, 0.2) is 0 Å². The number of rotatable bonds is 2. The van der Waals surface area contributed by atoms with Crippen LogP contribution in [-0.2, 0) is 0 Å². The fraction of sp³-hybridized carbons (Fsp3) is 0.154. The zero-order valence-electron chi connectivity index (χ0n) is 9.32. The van der Waals surface area contributed by atoms with Crippen LogP contribution in [0.5, 0.6) is 0 Å². The second-order valence-electron chi connectivity index (χ2n) is 3.88. The van der Waals surface area contributed by atoms with Crippen LogP contribution >= 0.6 is 23.2 Å². The average molecular weight is 267 g/mol. The maximum absolute atomic E-state index is 6.15. The van der Waals surface area contributed by atoms with Crippen molar-refractivity contribution in [1.82, 2.24) is 4.98 Å². The van der Waals surface area contributed by atoms with Gasteiger partial charge in [0.05, 0.1) is 21.8 Å². The van der Waals surface area contributed by atoms with Crippen molar-refractivity contribution in [1.29, 1.82) is 0 Å². The molecule has 0 saturated carbocycles. The Morgan fingerprint density at radius 2 is 2.00 bits per heavy atom. The van der Waals surface area contributed by atoms with Crippen LogP contribution < -0.4 is 5.73 Å². The van der Waals surface area contributed by atoms with Gasteiger partial charge in [0, 0.05) is 6.20 Å². The van der Waals surface area contributed by atoms with Crippen LogP contribution in [0.2, 0.25) is 10.0 Å². The SMILES string of the molecule is Cc1ccnc(C(N)c2cccc(Cl)c2Cl)c1. The van der Waals surface area contributed by atoms with Crippen molar-refractivity contribution in [3.63, 3.8) is 0 Å². The smallest absolute Gasteiger partial charge is 0.0741 e. The van der Waals surface area contributed by atoms with Gasteiger partial charge in [-0.25, -0.2) is 0 Å². The molecule has 17 heavy (non-hydrogen) atoms. The summed E-state index contributed by atoms with van der Waals surface area (Å²) in [5, 5.41) is 0.997. The van der Waals surface area contributed by atoms with Crippen LogP contribution in [-0.4, -0.2) is 4.98 Å². The number of nitrogens with two attached hydrogens (primary N) is 1. The van der Waals surface area contributed by atoms with Crippen LogP contribution in [0, 0.1) is 6.92 Å². The number of halogens is 2. The molecule has 2 rings (SSSR count). The van der Waals surface area contributed by atoms with E-state index in [0.717, 1.165) is 16.8 Å². The maximum Gasteiger partial charge on any atom is 0.0741 e. The van der Waals surface area contributed by atoms with Crippen molar-refractivity contribution >= 4 is 23.2 Å². The molecule has 1 aromatic carbocycles. The van der Waals surface area contributed by atoms with Crippen molar-refractivity contribution in [3.05, 3.63) is 63.4 Å². The third-order valence-electron chi connectivity index (χ3n) is 2.57. The van der Waals surface area contributed by atoms with Gasteiger partial charge in [-0.2, -0.15) is 0 Å². The fourth-order valence-electron chi connectivity index (χ4n) is 1.65. The summed E-state index contributed by atoms with van der Waals surface area (Å²) in [5.74, 6) is 0. The van der Waals surface area contributed by atoms with Crippen LogP contribution in [0.4, 0.5) is 0 Å². The molecular formula is C13H12Cl2N2. The summed E-state index contributed by atoms with van der Waals surface area (Å²) in [6.07, 6.45) is 1.74. The van der Waals surface area contributed by atoms with Crippen molar-refractivity contribution in [3.8, 4) is 0 Å². The lowest BCUT2D eigenvalue weighted by atomic mass is 10.0. The van der Waals surface area contributed by atoms with E-state index in [0.29, 0.717) is 10.0 Å². The summed E-state index contributed by atoms with van der Waals surface area (Å²) in [4.78, 5) is 4.26. The number of hydrogen-bond donors (Lipinski definition) is 1. The minimum absolute atomic E-state index is 0.360. The first-order valence-corrected chi connectivity index (χ1v) is 5.97. The molecular weight excluding hydrogens is 255 g/mol. The normalized spacial score (nSPS) is 12.5. The first-order valence-electron chi connectivity index (χ1n) is 5.21. The van der Waals surface area contributed by atoms with Gasteiger partial charge in [0.2, 0.25) is 0 Å². The standard InChI is InChI=1S/C13H12Cl2N2/c1-8-5-6-17-11(7-8)13(16)9-3-2-4-10(14)12(9)15/h2-7,13H,16H2,1H3. The van der Waals surface area contributed by atoms with Crippen molar-refractivity contribution in [2.45, 2.75) is 13.0 Å². The van der Waals surface area contributed by atoms with Crippen LogP contribution in [0.15, 0.2) is 36.5 Å². The largest absolute Gasteiger partial charge is 0.319 e. The Hall–Kier alpha value is -1.09. The maximum atomic E-state index is 6.15. The van der Waals surface area contributed by atoms with E-state index in [1.807, 2.05) is 31.2 Å². The molecule has 0 amide bonds. The highest BCUT2D eigenvalue weighted by Gasteiger charge is 2.15. The third-order valence-corrected chi connectivity index (χ3v) is 3.41. The molecule has 88 valence electrons. The number of pyridine rings is 1. The van der Waals surface area contributed by atoms with E-state index >= 15 is 0 Å². The zero-order valence-corrected chi connectivity index (χ0v) is 10.8. The molecule has 1 atom stereocenters. The van der Waals surface area contributed by atoms with Crippen molar-refractivity contribution < 1.29 is 0 Å². The van der Waals surface area contributed by atoms with Crippen LogP contribution in [0.25, 0.3) is 0 Å². The molecule has 0 spiro atoms.